The van der Waals surface area contributed by atoms with E-state index in [0.29, 0.717) is 6.54 Å². The van der Waals surface area contributed by atoms with Gasteiger partial charge in [-0.3, -0.25) is 4.68 Å². The number of aromatic nitrogens is 2. The molecule has 1 rings (SSSR count). The Morgan fingerprint density at radius 3 is 2.60 bits per heavy atom. The Balaban J connectivity index is 2.82. The van der Waals surface area contributed by atoms with Gasteiger partial charge >= 0.3 is 6.18 Å². The van der Waals surface area contributed by atoms with Crippen LogP contribution in [0.15, 0.2) is 12.4 Å². The Morgan fingerprint density at radius 2 is 2.20 bits per heavy atom. The van der Waals surface area contributed by atoms with Crippen LogP contribution >= 0.6 is 0 Å². The van der Waals surface area contributed by atoms with Crippen LogP contribution in [-0.2, 0) is 6.18 Å². The fraction of sp³-hybridized carbons (Fsp3) is 0.667. The van der Waals surface area contributed by atoms with Gasteiger partial charge in [-0.15, -0.1) is 0 Å². The van der Waals surface area contributed by atoms with Crippen LogP contribution in [0.25, 0.3) is 0 Å². The molecule has 0 aromatic carbocycles. The second-order valence-corrected chi connectivity index (χ2v) is 3.38. The normalized spacial score (nSPS) is 14.2. The lowest BCUT2D eigenvalue weighted by Gasteiger charge is -2.13. The van der Waals surface area contributed by atoms with Crippen molar-refractivity contribution in [1.82, 2.24) is 9.78 Å². The molecule has 15 heavy (non-hydrogen) atoms. The average molecular weight is 221 g/mol. The molecule has 1 aromatic rings. The van der Waals surface area contributed by atoms with Crippen LogP contribution in [-0.4, -0.2) is 16.3 Å². The molecular formula is C9H14F3N3. The number of rotatable bonds is 4. The first-order chi connectivity index (χ1) is 6.99. The molecule has 0 spiro atoms. The lowest BCUT2D eigenvalue weighted by atomic mass is 10.2. The standard InChI is InChI=1S/C9H14F3N3/c1-2-3-8(4-13)15-6-7(5-14-15)9(10,11)12/h5-6,8H,2-4,13H2,1H3. The molecule has 0 aliphatic heterocycles. The molecule has 0 aliphatic rings. The predicted octanol–water partition coefficient (Wildman–Crippen LogP) is 2.20. The molecule has 0 aliphatic carbocycles. The number of hydrogen-bond donors (Lipinski definition) is 1. The van der Waals surface area contributed by atoms with Gasteiger partial charge in [0.05, 0.1) is 17.8 Å². The highest BCUT2D eigenvalue weighted by Gasteiger charge is 2.32. The van der Waals surface area contributed by atoms with Crippen molar-refractivity contribution in [3.05, 3.63) is 18.0 Å². The summed E-state index contributed by atoms with van der Waals surface area (Å²) in [5, 5.41) is 3.69. The molecule has 0 saturated heterocycles. The van der Waals surface area contributed by atoms with Gasteiger partial charge in [0.15, 0.2) is 0 Å². The van der Waals surface area contributed by atoms with Gasteiger partial charge in [0.25, 0.3) is 0 Å². The summed E-state index contributed by atoms with van der Waals surface area (Å²) in [7, 11) is 0. The zero-order valence-corrected chi connectivity index (χ0v) is 8.46. The molecule has 1 atom stereocenters. The van der Waals surface area contributed by atoms with Crippen molar-refractivity contribution in [2.75, 3.05) is 6.54 Å². The van der Waals surface area contributed by atoms with Gasteiger partial charge in [-0.25, -0.2) is 0 Å². The van der Waals surface area contributed by atoms with Crippen LogP contribution < -0.4 is 5.73 Å². The summed E-state index contributed by atoms with van der Waals surface area (Å²) in [6, 6.07) is -0.147. The number of nitrogens with zero attached hydrogens (tertiary/aromatic N) is 2. The quantitative estimate of drug-likeness (QED) is 0.847. The number of alkyl halides is 3. The molecule has 0 fully saturated rings. The Bertz CT molecular complexity index is 306. The zero-order valence-electron chi connectivity index (χ0n) is 8.46. The fourth-order valence-electron chi connectivity index (χ4n) is 1.38. The Labute approximate surface area is 86.1 Å². The van der Waals surface area contributed by atoms with E-state index in [1.807, 2.05) is 6.92 Å². The minimum absolute atomic E-state index is 0.147. The topological polar surface area (TPSA) is 43.8 Å². The largest absolute Gasteiger partial charge is 0.419 e. The van der Waals surface area contributed by atoms with Crippen LogP contribution in [0.2, 0.25) is 0 Å². The summed E-state index contributed by atoms with van der Waals surface area (Å²) in [6.45, 7) is 2.25. The third-order valence-electron chi connectivity index (χ3n) is 2.20. The van der Waals surface area contributed by atoms with Crippen molar-refractivity contribution in [3.63, 3.8) is 0 Å². The maximum Gasteiger partial charge on any atom is 0.419 e. The van der Waals surface area contributed by atoms with Gasteiger partial charge in [0.1, 0.15) is 0 Å². The molecule has 0 amide bonds. The lowest BCUT2D eigenvalue weighted by Crippen LogP contribution is -2.19. The monoisotopic (exact) mass is 221 g/mol. The molecule has 86 valence electrons. The number of hydrogen-bond acceptors (Lipinski definition) is 2. The highest BCUT2D eigenvalue weighted by molar-refractivity contribution is 5.08. The number of halogens is 3. The fourth-order valence-corrected chi connectivity index (χ4v) is 1.38. The molecule has 1 unspecified atom stereocenters. The van der Waals surface area contributed by atoms with E-state index in [4.69, 9.17) is 5.73 Å². The summed E-state index contributed by atoms with van der Waals surface area (Å²) in [6.07, 6.45) is -0.895. The minimum Gasteiger partial charge on any atom is -0.328 e. The summed E-state index contributed by atoms with van der Waals surface area (Å²) in [5.74, 6) is 0. The molecule has 0 bridgehead atoms. The average Bonchev–Trinajstić information content (AvgIpc) is 2.62. The van der Waals surface area contributed by atoms with Crippen molar-refractivity contribution < 1.29 is 13.2 Å². The van der Waals surface area contributed by atoms with E-state index in [1.54, 1.807) is 0 Å². The van der Waals surface area contributed by atoms with Crippen molar-refractivity contribution in [2.45, 2.75) is 32.0 Å². The van der Waals surface area contributed by atoms with Gasteiger partial charge in [-0.05, 0) is 6.42 Å². The maximum atomic E-state index is 12.3. The Hall–Kier alpha value is -1.04. The predicted molar refractivity (Wildman–Crippen MR) is 50.2 cm³/mol. The Morgan fingerprint density at radius 1 is 1.53 bits per heavy atom. The van der Waals surface area contributed by atoms with Gasteiger partial charge in [0, 0.05) is 12.7 Å². The molecule has 2 N–H and O–H groups in total. The van der Waals surface area contributed by atoms with Gasteiger partial charge in [-0.2, -0.15) is 18.3 Å². The first-order valence-corrected chi connectivity index (χ1v) is 4.80. The van der Waals surface area contributed by atoms with E-state index in [9.17, 15) is 13.2 Å². The van der Waals surface area contributed by atoms with Crippen molar-refractivity contribution in [1.29, 1.82) is 0 Å². The third kappa shape index (κ3) is 2.95. The lowest BCUT2D eigenvalue weighted by molar-refractivity contribution is -0.137. The van der Waals surface area contributed by atoms with Crippen LogP contribution in [0.1, 0.15) is 31.4 Å². The summed E-state index contributed by atoms with van der Waals surface area (Å²) in [5.41, 5.74) is 4.74. The molecule has 3 nitrogen and oxygen atoms in total. The summed E-state index contributed by atoms with van der Waals surface area (Å²) >= 11 is 0. The van der Waals surface area contributed by atoms with E-state index in [0.717, 1.165) is 25.2 Å². The molecule has 6 heteroatoms. The highest BCUT2D eigenvalue weighted by atomic mass is 19.4. The van der Waals surface area contributed by atoms with E-state index >= 15 is 0 Å². The first kappa shape index (κ1) is 12.0. The van der Waals surface area contributed by atoms with Gasteiger partial charge in [0.2, 0.25) is 0 Å². The van der Waals surface area contributed by atoms with E-state index in [-0.39, 0.29) is 6.04 Å². The van der Waals surface area contributed by atoms with Crippen LogP contribution in [0.3, 0.4) is 0 Å². The zero-order chi connectivity index (χ0) is 11.5. The van der Waals surface area contributed by atoms with E-state index in [1.165, 1.54) is 4.68 Å². The highest BCUT2D eigenvalue weighted by Crippen LogP contribution is 2.29. The van der Waals surface area contributed by atoms with Crippen LogP contribution in [0, 0.1) is 0 Å². The number of nitrogens with two attached hydrogens (primary N) is 1. The smallest absolute Gasteiger partial charge is 0.328 e. The van der Waals surface area contributed by atoms with Crippen molar-refractivity contribution >= 4 is 0 Å². The van der Waals surface area contributed by atoms with E-state index in [2.05, 4.69) is 5.10 Å². The molecule has 0 radical (unpaired) electrons. The van der Waals surface area contributed by atoms with Crippen molar-refractivity contribution in [3.8, 4) is 0 Å². The van der Waals surface area contributed by atoms with E-state index < -0.39 is 11.7 Å². The second-order valence-electron chi connectivity index (χ2n) is 3.38. The first-order valence-electron chi connectivity index (χ1n) is 4.80. The maximum absolute atomic E-state index is 12.3. The summed E-state index contributed by atoms with van der Waals surface area (Å²) < 4.78 is 38.1. The molecule has 1 heterocycles. The third-order valence-corrected chi connectivity index (χ3v) is 2.20. The van der Waals surface area contributed by atoms with Gasteiger partial charge < -0.3 is 5.73 Å². The molecular weight excluding hydrogens is 207 g/mol. The van der Waals surface area contributed by atoms with Crippen LogP contribution in [0.4, 0.5) is 13.2 Å². The van der Waals surface area contributed by atoms with Crippen LogP contribution in [0.5, 0.6) is 0 Å². The Kier molecular flexibility index (Phi) is 3.73. The summed E-state index contributed by atoms with van der Waals surface area (Å²) in [4.78, 5) is 0. The second kappa shape index (κ2) is 4.65. The molecule has 1 aromatic heterocycles. The SMILES string of the molecule is CCCC(CN)n1cc(C(F)(F)F)cn1. The van der Waals surface area contributed by atoms with Gasteiger partial charge in [-0.1, -0.05) is 13.3 Å². The molecule has 0 saturated carbocycles. The minimum atomic E-state index is -4.33. The van der Waals surface area contributed by atoms with Crippen molar-refractivity contribution in [2.24, 2.45) is 5.73 Å².